The summed E-state index contributed by atoms with van der Waals surface area (Å²) in [5.74, 6) is -1.68. The van der Waals surface area contributed by atoms with Gasteiger partial charge in [-0.3, -0.25) is 19.7 Å². The maximum atomic E-state index is 11.2. The molecule has 0 spiro atoms. The van der Waals surface area contributed by atoms with E-state index < -0.39 is 24.1 Å². The van der Waals surface area contributed by atoms with E-state index >= 15 is 0 Å². The summed E-state index contributed by atoms with van der Waals surface area (Å²) in [6, 6.07) is 0. The van der Waals surface area contributed by atoms with Crippen LogP contribution in [0.1, 0.15) is 13.3 Å². The largest absolute Gasteiger partial charge is 0.351 e. The van der Waals surface area contributed by atoms with Gasteiger partial charge in [0.25, 0.3) is 5.91 Å². The number of nitrogens with one attached hydrogen (secondary N) is 2. The highest BCUT2D eigenvalue weighted by Gasteiger charge is 2.20. The molecule has 92 valence electrons. The van der Waals surface area contributed by atoms with Gasteiger partial charge in [0, 0.05) is 11.6 Å². The molecule has 0 unspecified atom stereocenters. The highest BCUT2D eigenvalue weighted by Crippen LogP contribution is 2.14. The number of allylic oxidation sites excluding steroid dienone is 1. The Morgan fingerprint density at radius 1 is 1.47 bits per heavy atom. The van der Waals surface area contributed by atoms with Crippen molar-refractivity contribution in [3.05, 3.63) is 23.3 Å². The molecule has 0 atom stereocenters. The van der Waals surface area contributed by atoms with Crippen LogP contribution in [0.15, 0.2) is 23.3 Å². The first kappa shape index (κ1) is 13.1. The van der Waals surface area contributed by atoms with Gasteiger partial charge < -0.3 is 15.5 Å². The van der Waals surface area contributed by atoms with E-state index in [1.54, 1.807) is 5.32 Å². The van der Waals surface area contributed by atoms with Gasteiger partial charge in [-0.15, -0.1) is 0 Å². The predicted octanol–water partition coefficient (Wildman–Crippen LogP) is -1.71. The van der Waals surface area contributed by atoms with Crippen LogP contribution in [-0.2, 0) is 14.4 Å². The Bertz CT molecular complexity index is 422. The first-order valence-electron chi connectivity index (χ1n) is 4.79. The molecule has 1 aliphatic heterocycles. The number of imide groups is 1. The van der Waals surface area contributed by atoms with Gasteiger partial charge in [0.15, 0.2) is 0 Å². The smallest absolute Gasteiger partial charge is 0.253 e. The van der Waals surface area contributed by atoms with Gasteiger partial charge in [-0.1, -0.05) is 6.08 Å². The predicted molar refractivity (Wildman–Crippen MR) is 56.0 cm³/mol. The van der Waals surface area contributed by atoms with Crippen molar-refractivity contribution in [1.82, 2.24) is 10.6 Å². The lowest BCUT2D eigenvalue weighted by Gasteiger charge is -2.14. The SMILES string of the molecule is CC1=C(/C=C/C(=O)NC(O)O)CC(=O)NC1=O. The van der Waals surface area contributed by atoms with Crippen molar-refractivity contribution < 1.29 is 24.6 Å². The molecule has 0 fully saturated rings. The molecule has 1 heterocycles. The van der Waals surface area contributed by atoms with Gasteiger partial charge in [-0.2, -0.15) is 0 Å². The van der Waals surface area contributed by atoms with Crippen LogP contribution < -0.4 is 10.6 Å². The number of aliphatic hydroxyl groups excluding tert-OH is 1. The highest BCUT2D eigenvalue weighted by molar-refractivity contribution is 6.08. The van der Waals surface area contributed by atoms with E-state index in [-0.39, 0.29) is 6.42 Å². The molecular weight excluding hydrogens is 228 g/mol. The maximum absolute atomic E-state index is 11.2. The molecule has 7 heteroatoms. The second-order valence-electron chi connectivity index (χ2n) is 3.42. The second-order valence-corrected chi connectivity index (χ2v) is 3.42. The molecule has 7 nitrogen and oxygen atoms in total. The first-order valence-corrected chi connectivity index (χ1v) is 4.79. The van der Waals surface area contributed by atoms with Crippen molar-refractivity contribution in [3.8, 4) is 0 Å². The van der Waals surface area contributed by atoms with E-state index in [1.807, 2.05) is 0 Å². The van der Waals surface area contributed by atoms with Crippen LogP contribution in [0.5, 0.6) is 0 Å². The quantitative estimate of drug-likeness (QED) is 0.266. The molecule has 1 rings (SSSR count). The lowest BCUT2D eigenvalue weighted by atomic mass is 10.0. The Morgan fingerprint density at radius 3 is 2.71 bits per heavy atom. The summed E-state index contributed by atoms with van der Waals surface area (Å²) >= 11 is 0. The van der Waals surface area contributed by atoms with Gasteiger partial charge in [-0.25, -0.2) is 0 Å². The van der Waals surface area contributed by atoms with Crippen LogP contribution in [0, 0.1) is 0 Å². The number of carbonyl (C=O) groups excluding carboxylic acids is 3. The number of hydrogen-bond donors (Lipinski definition) is 4. The summed E-state index contributed by atoms with van der Waals surface area (Å²) in [6.07, 6.45) is 0.371. The summed E-state index contributed by atoms with van der Waals surface area (Å²) in [4.78, 5) is 33.3. The minimum Gasteiger partial charge on any atom is -0.351 e. The van der Waals surface area contributed by atoms with Gasteiger partial charge >= 0.3 is 0 Å². The van der Waals surface area contributed by atoms with Crippen LogP contribution in [0.2, 0.25) is 0 Å². The monoisotopic (exact) mass is 240 g/mol. The number of amides is 3. The number of aliphatic hydroxyl groups is 2. The minimum absolute atomic E-state index is 0.00301. The Labute approximate surface area is 96.8 Å². The zero-order valence-electron chi connectivity index (χ0n) is 9.06. The third-order valence-corrected chi connectivity index (χ3v) is 2.13. The van der Waals surface area contributed by atoms with Crippen molar-refractivity contribution in [2.45, 2.75) is 19.8 Å². The summed E-state index contributed by atoms with van der Waals surface area (Å²) in [6.45, 7) is 1.53. The van der Waals surface area contributed by atoms with Gasteiger partial charge in [0.2, 0.25) is 18.2 Å². The number of hydrogen-bond acceptors (Lipinski definition) is 5. The molecule has 0 bridgehead atoms. The fourth-order valence-electron chi connectivity index (χ4n) is 1.25. The fourth-order valence-corrected chi connectivity index (χ4v) is 1.25. The molecular formula is C10H12N2O5. The minimum atomic E-state index is -1.95. The van der Waals surface area contributed by atoms with Crippen molar-refractivity contribution in [2.24, 2.45) is 0 Å². The van der Waals surface area contributed by atoms with E-state index in [1.165, 1.54) is 13.0 Å². The summed E-state index contributed by atoms with van der Waals surface area (Å²) in [5, 5.41) is 20.8. The van der Waals surface area contributed by atoms with E-state index in [2.05, 4.69) is 5.32 Å². The molecule has 0 radical (unpaired) electrons. The average molecular weight is 240 g/mol. The zero-order chi connectivity index (χ0) is 13.0. The van der Waals surface area contributed by atoms with Gasteiger partial charge in [-0.05, 0) is 12.5 Å². The first-order chi connectivity index (χ1) is 7.90. The van der Waals surface area contributed by atoms with Gasteiger partial charge in [0.05, 0.1) is 6.42 Å². The lowest BCUT2D eigenvalue weighted by molar-refractivity contribution is -0.131. The Hall–Kier alpha value is -1.99. The van der Waals surface area contributed by atoms with E-state index in [0.717, 1.165) is 6.08 Å². The molecule has 4 N–H and O–H groups in total. The van der Waals surface area contributed by atoms with Crippen molar-refractivity contribution in [1.29, 1.82) is 0 Å². The van der Waals surface area contributed by atoms with E-state index in [4.69, 9.17) is 10.2 Å². The van der Waals surface area contributed by atoms with Crippen molar-refractivity contribution >= 4 is 17.7 Å². The number of carbonyl (C=O) groups is 3. The molecule has 3 amide bonds. The lowest BCUT2D eigenvalue weighted by Crippen LogP contribution is -2.35. The van der Waals surface area contributed by atoms with Crippen molar-refractivity contribution in [2.75, 3.05) is 0 Å². The van der Waals surface area contributed by atoms with Crippen LogP contribution >= 0.6 is 0 Å². The second kappa shape index (κ2) is 5.37. The van der Waals surface area contributed by atoms with Crippen LogP contribution in [0.4, 0.5) is 0 Å². The fraction of sp³-hybridized carbons (Fsp3) is 0.300. The van der Waals surface area contributed by atoms with Crippen LogP contribution in [0.25, 0.3) is 0 Å². The average Bonchev–Trinajstić information content (AvgIpc) is 2.20. The molecule has 0 aromatic rings. The topological polar surface area (TPSA) is 116 Å². The normalized spacial score (nSPS) is 16.7. The molecule has 17 heavy (non-hydrogen) atoms. The zero-order valence-corrected chi connectivity index (χ0v) is 9.06. The Morgan fingerprint density at radius 2 is 2.12 bits per heavy atom. The molecule has 0 aromatic heterocycles. The third-order valence-electron chi connectivity index (χ3n) is 2.13. The molecule has 0 saturated carbocycles. The van der Waals surface area contributed by atoms with Crippen LogP contribution in [-0.4, -0.2) is 34.3 Å². The Kier molecular flexibility index (Phi) is 4.13. The summed E-state index contributed by atoms with van der Waals surface area (Å²) < 4.78 is 0. The third kappa shape index (κ3) is 3.82. The Balaban J connectivity index is 2.76. The molecule has 0 aromatic carbocycles. The summed E-state index contributed by atoms with van der Waals surface area (Å²) in [7, 11) is 0. The molecule has 1 aliphatic rings. The van der Waals surface area contributed by atoms with E-state index in [9.17, 15) is 14.4 Å². The summed E-state index contributed by atoms with van der Waals surface area (Å²) in [5.41, 5.74) is 0.763. The van der Waals surface area contributed by atoms with E-state index in [0.29, 0.717) is 11.1 Å². The van der Waals surface area contributed by atoms with Crippen LogP contribution in [0.3, 0.4) is 0 Å². The molecule has 0 saturated heterocycles. The standard InChI is InChI=1S/C10H12N2O5/c1-5-6(4-8(14)11-9(5)15)2-3-7(13)12-10(16)17/h2-3,10,16-17H,4H2,1H3,(H,12,13)(H,11,14,15)/b3-2+. The van der Waals surface area contributed by atoms with Gasteiger partial charge in [0.1, 0.15) is 0 Å². The molecule has 0 aliphatic carbocycles. The van der Waals surface area contributed by atoms with Crippen molar-refractivity contribution in [3.63, 3.8) is 0 Å². The maximum Gasteiger partial charge on any atom is 0.253 e. The number of rotatable bonds is 3. The highest BCUT2D eigenvalue weighted by atomic mass is 16.5.